The Balaban J connectivity index is 2.47. The number of esters is 1. The number of hydrogen-bond acceptors (Lipinski definition) is 4. The molecule has 0 aliphatic rings. The molecule has 0 heterocycles. The lowest BCUT2D eigenvalue weighted by molar-refractivity contribution is -0.157. The fourth-order valence-electron chi connectivity index (χ4n) is 1.48. The maximum Gasteiger partial charge on any atom is 0.344 e. The highest BCUT2D eigenvalue weighted by atomic mass is 79.9. The van der Waals surface area contributed by atoms with E-state index >= 15 is 0 Å². The molecular formula is C15H19BrFNO4. The summed E-state index contributed by atoms with van der Waals surface area (Å²) in [7, 11) is 0. The Kier molecular flexibility index (Phi) is 6.34. The van der Waals surface area contributed by atoms with Gasteiger partial charge in [0.15, 0.2) is 12.7 Å². The minimum Gasteiger partial charge on any atom is -0.481 e. The van der Waals surface area contributed by atoms with Crippen LogP contribution in [-0.4, -0.2) is 30.1 Å². The van der Waals surface area contributed by atoms with Crippen molar-refractivity contribution in [2.75, 3.05) is 6.61 Å². The molecule has 1 aromatic rings. The lowest BCUT2D eigenvalue weighted by Crippen LogP contribution is -2.46. The van der Waals surface area contributed by atoms with E-state index in [1.165, 1.54) is 25.1 Å². The first-order valence-corrected chi connectivity index (χ1v) is 7.47. The van der Waals surface area contributed by atoms with Crippen molar-refractivity contribution >= 4 is 27.8 Å². The number of halogens is 2. The molecule has 0 bridgehead atoms. The van der Waals surface area contributed by atoms with E-state index in [0.717, 1.165) is 0 Å². The second-order valence-corrected chi connectivity index (χ2v) is 6.59. The van der Waals surface area contributed by atoms with E-state index in [1.807, 2.05) is 20.8 Å². The van der Waals surface area contributed by atoms with E-state index in [4.69, 9.17) is 9.47 Å². The van der Waals surface area contributed by atoms with Gasteiger partial charge in [-0.25, -0.2) is 9.18 Å². The molecule has 1 atom stereocenters. The highest BCUT2D eigenvalue weighted by molar-refractivity contribution is 9.10. The SMILES string of the molecule is C[C@@H](OC(=O)COc1ccc(F)cc1Br)C(=O)NC(C)(C)C. The first-order valence-electron chi connectivity index (χ1n) is 6.68. The molecule has 1 amide bonds. The van der Waals surface area contributed by atoms with Gasteiger partial charge in [0, 0.05) is 5.54 Å². The summed E-state index contributed by atoms with van der Waals surface area (Å²) in [5.41, 5.74) is -0.409. The molecule has 1 rings (SSSR count). The molecule has 0 saturated heterocycles. The molecule has 0 aromatic heterocycles. The summed E-state index contributed by atoms with van der Waals surface area (Å²) >= 11 is 3.12. The zero-order chi connectivity index (χ0) is 16.9. The third-order valence-electron chi connectivity index (χ3n) is 2.42. The van der Waals surface area contributed by atoms with Crippen molar-refractivity contribution in [3.63, 3.8) is 0 Å². The smallest absolute Gasteiger partial charge is 0.344 e. The van der Waals surface area contributed by atoms with Crippen molar-refractivity contribution in [3.05, 3.63) is 28.5 Å². The fourth-order valence-corrected chi connectivity index (χ4v) is 1.95. The quantitative estimate of drug-likeness (QED) is 0.803. The number of rotatable bonds is 5. The number of carbonyl (C=O) groups is 2. The molecule has 0 spiro atoms. The summed E-state index contributed by atoms with van der Waals surface area (Å²) in [5, 5.41) is 2.71. The van der Waals surface area contributed by atoms with Crippen molar-refractivity contribution in [1.29, 1.82) is 0 Å². The maximum atomic E-state index is 12.9. The molecule has 0 fully saturated rings. The maximum absolute atomic E-state index is 12.9. The Hall–Kier alpha value is -1.63. The van der Waals surface area contributed by atoms with Crippen molar-refractivity contribution in [3.8, 4) is 5.75 Å². The average Bonchev–Trinajstić information content (AvgIpc) is 2.35. The molecule has 1 aromatic carbocycles. The highest BCUT2D eigenvalue weighted by Gasteiger charge is 2.22. The van der Waals surface area contributed by atoms with Gasteiger partial charge in [0.25, 0.3) is 5.91 Å². The fraction of sp³-hybridized carbons (Fsp3) is 0.467. The van der Waals surface area contributed by atoms with Crippen molar-refractivity contribution in [2.24, 2.45) is 0 Å². The summed E-state index contributed by atoms with van der Waals surface area (Å²) in [5.74, 6) is -1.18. The molecule has 1 N–H and O–H groups in total. The zero-order valence-electron chi connectivity index (χ0n) is 12.9. The van der Waals surface area contributed by atoms with Crippen LogP contribution in [0, 0.1) is 5.82 Å². The Morgan fingerprint density at radius 2 is 2.00 bits per heavy atom. The largest absolute Gasteiger partial charge is 0.481 e. The molecule has 22 heavy (non-hydrogen) atoms. The van der Waals surface area contributed by atoms with Crippen LogP contribution in [0.15, 0.2) is 22.7 Å². The van der Waals surface area contributed by atoms with Gasteiger partial charge in [-0.3, -0.25) is 4.79 Å². The lowest BCUT2D eigenvalue weighted by atomic mass is 10.1. The number of hydrogen-bond donors (Lipinski definition) is 1. The summed E-state index contributed by atoms with van der Waals surface area (Å²) in [6, 6.07) is 3.83. The molecule has 0 unspecified atom stereocenters. The number of carbonyl (C=O) groups excluding carboxylic acids is 2. The zero-order valence-corrected chi connectivity index (χ0v) is 14.5. The van der Waals surface area contributed by atoms with E-state index in [9.17, 15) is 14.0 Å². The summed E-state index contributed by atoms with van der Waals surface area (Å²) in [6.45, 7) is 6.59. The summed E-state index contributed by atoms with van der Waals surface area (Å²) in [6.07, 6.45) is -0.924. The highest BCUT2D eigenvalue weighted by Crippen LogP contribution is 2.25. The van der Waals surface area contributed by atoms with Gasteiger partial charge in [0.2, 0.25) is 0 Å². The van der Waals surface area contributed by atoms with Gasteiger partial charge < -0.3 is 14.8 Å². The number of amides is 1. The monoisotopic (exact) mass is 375 g/mol. The second-order valence-electron chi connectivity index (χ2n) is 5.73. The predicted molar refractivity (Wildman–Crippen MR) is 83.0 cm³/mol. The normalized spacial score (nSPS) is 12.5. The van der Waals surface area contributed by atoms with E-state index in [1.54, 1.807) is 0 Å². The van der Waals surface area contributed by atoms with Crippen LogP contribution in [0.4, 0.5) is 4.39 Å². The van der Waals surface area contributed by atoms with Gasteiger partial charge in [-0.2, -0.15) is 0 Å². The molecule has 5 nitrogen and oxygen atoms in total. The first kappa shape index (κ1) is 18.4. The summed E-state index contributed by atoms with van der Waals surface area (Å²) in [4.78, 5) is 23.4. The van der Waals surface area contributed by atoms with Gasteiger partial charge in [0.05, 0.1) is 4.47 Å². The summed E-state index contributed by atoms with van der Waals surface area (Å²) < 4.78 is 23.5. The van der Waals surface area contributed by atoms with E-state index in [2.05, 4.69) is 21.2 Å². The topological polar surface area (TPSA) is 64.6 Å². The van der Waals surface area contributed by atoms with Gasteiger partial charge in [-0.1, -0.05) is 0 Å². The molecule has 0 aliphatic heterocycles. The third kappa shape index (κ3) is 6.43. The first-order chi connectivity index (χ1) is 10.1. The average molecular weight is 376 g/mol. The Morgan fingerprint density at radius 3 is 2.55 bits per heavy atom. The number of nitrogens with one attached hydrogen (secondary N) is 1. The standard InChI is InChI=1S/C15H19BrFNO4/c1-9(14(20)18-15(2,3)4)22-13(19)8-21-12-6-5-10(17)7-11(12)16/h5-7,9H,8H2,1-4H3,(H,18,20)/t9-/m1/s1. The van der Waals surface area contributed by atoms with Crippen LogP contribution in [0.25, 0.3) is 0 Å². The predicted octanol–water partition coefficient (Wildman–Crippen LogP) is 2.81. The molecule has 0 radical (unpaired) electrons. The van der Waals surface area contributed by atoms with Crippen LogP contribution in [0.2, 0.25) is 0 Å². The van der Waals surface area contributed by atoms with Crippen LogP contribution in [-0.2, 0) is 14.3 Å². The molecular weight excluding hydrogens is 357 g/mol. The third-order valence-corrected chi connectivity index (χ3v) is 3.03. The minimum absolute atomic E-state index is 0.310. The number of benzene rings is 1. The van der Waals surface area contributed by atoms with Crippen molar-refractivity contribution in [2.45, 2.75) is 39.3 Å². The van der Waals surface area contributed by atoms with Crippen molar-refractivity contribution < 1.29 is 23.5 Å². The van der Waals surface area contributed by atoms with E-state index < -0.39 is 23.4 Å². The second kappa shape index (κ2) is 7.58. The molecule has 0 aliphatic carbocycles. The van der Waals surface area contributed by atoms with Crippen LogP contribution in [0.5, 0.6) is 5.75 Å². The van der Waals surface area contributed by atoms with Crippen LogP contribution in [0.3, 0.4) is 0 Å². The molecule has 122 valence electrons. The van der Waals surface area contributed by atoms with E-state index in [-0.39, 0.29) is 12.5 Å². The Labute approximate surface area is 137 Å². The van der Waals surface area contributed by atoms with Crippen molar-refractivity contribution in [1.82, 2.24) is 5.32 Å². The Morgan fingerprint density at radius 1 is 1.36 bits per heavy atom. The molecule has 7 heteroatoms. The van der Waals surface area contributed by atoms with Gasteiger partial charge >= 0.3 is 5.97 Å². The van der Waals surface area contributed by atoms with Gasteiger partial charge in [0.1, 0.15) is 11.6 Å². The number of ether oxygens (including phenoxy) is 2. The lowest BCUT2D eigenvalue weighted by Gasteiger charge is -2.23. The van der Waals surface area contributed by atoms with Crippen LogP contribution in [0.1, 0.15) is 27.7 Å². The van der Waals surface area contributed by atoms with Crippen LogP contribution < -0.4 is 10.1 Å². The molecule has 0 saturated carbocycles. The Bertz CT molecular complexity index is 557. The van der Waals surface area contributed by atoms with Gasteiger partial charge in [-0.15, -0.1) is 0 Å². The van der Waals surface area contributed by atoms with Gasteiger partial charge in [-0.05, 0) is 61.8 Å². The minimum atomic E-state index is -0.924. The van der Waals surface area contributed by atoms with E-state index in [0.29, 0.717) is 10.2 Å². The van der Waals surface area contributed by atoms with Crippen LogP contribution >= 0.6 is 15.9 Å².